The molecule has 0 amide bonds. The number of aromatic amines is 1. The van der Waals surface area contributed by atoms with Gasteiger partial charge in [-0.15, -0.1) is 0 Å². The number of pyridine rings is 1. The van der Waals surface area contributed by atoms with Crippen LogP contribution < -0.4 is 10.3 Å². The van der Waals surface area contributed by atoms with E-state index in [1.807, 2.05) is 12.1 Å². The molecule has 2 aromatic rings. The fourth-order valence-corrected chi connectivity index (χ4v) is 2.75. The molecule has 1 aliphatic carbocycles. The maximum atomic E-state index is 12.1. The molecule has 1 saturated carbocycles. The van der Waals surface area contributed by atoms with E-state index in [4.69, 9.17) is 16.3 Å². The minimum Gasteiger partial charge on any atom is -0.496 e. The predicted molar refractivity (Wildman–Crippen MR) is 86.1 cm³/mol. The molecule has 21 heavy (non-hydrogen) atoms. The highest BCUT2D eigenvalue weighted by Gasteiger charge is 2.28. The summed E-state index contributed by atoms with van der Waals surface area (Å²) in [4.78, 5) is 14.7. The lowest BCUT2D eigenvalue weighted by Gasteiger charge is -2.14. The van der Waals surface area contributed by atoms with Gasteiger partial charge in [-0.25, -0.2) is 0 Å². The molecule has 3 rings (SSSR count). The van der Waals surface area contributed by atoms with Crippen LogP contribution in [0.2, 0.25) is 5.02 Å². The van der Waals surface area contributed by atoms with E-state index in [1.54, 1.807) is 19.3 Å². The lowest BCUT2D eigenvalue weighted by Crippen LogP contribution is -2.08. The number of benzene rings is 1. The fourth-order valence-electron chi connectivity index (χ4n) is 2.59. The second kappa shape index (κ2) is 5.41. The van der Waals surface area contributed by atoms with E-state index in [0.29, 0.717) is 16.5 Å². The molecule has 0 saturated heterocycles. The quantitative estimate of drug-likeness (QED) is 0.918. The summed E-state index contributed by atoms with van der Waals surface area (Å²) in [6.45, 7) is 3.84. The molecule has 1 aromatic carbocycles. The average Bonchev–Trinajstić information content (AvgIpc) is 3.33. The van der Waals surface area contributed by atoms with Gasteiger partial charge in [-0.2, -0.15) is 0 Å². The van der Waals surface area contributed by atoms with Gasteiger partial charge >= 0.3 is 0 Å². The fraction of sp³-hybridized carbons (Fsp3) is 0.235. The minimum absolute atomic E-state index is 0.152. The third-order valence-electron chi connectivity index (χ3n) is 3.77. The first-order valence-corrected chi connectivity index (χ1v) is 7.24. The van der Waals surface area contributed by atoms with Crippen LogP contribution in [0.1, 0.15) is 29.9 Å². The molecule has 4 heteroatoms. The molecular weight excluding hydrogens is 286 g/mol. The zero-order chi connectivity index (χ0) is 15.0. The molecule has 1 heterocycles. The number of halogens is 1. The largest absolute Gasteiger partial charge is 0.496 e. The van der Waals surface area contributed by atoms with Gasteiger partial charge < -0.3 is 9.72 Å². The number of rotatable bonds is 4. The number of ether oxygens (including phenoxy) is 1. The summed E-state index contributed by atoms with van der Waals surface area (Å²) >= 11 is 6.00. The molecule has 0 atom stereocenters. The molecule has 108 valence electrons. The molecule has 0 bridgehead atoms. The van der Waals surface area contributed by atoms with E-state index in [2.05, 4.69) is 11.6 Å². The lowest BCUT2D eigenvalue weighted by atomic mass is 9.97. The van der Waals surface area contributed by atoms with Crippen molar-refractivity contribution in [2.75, 3.05) is 7.11 Å². The monoisotopic (exact) mass is 301 g/mol. The van der Waals surface area contributed by atoms with Crippen LogP contribution >= 0.6 is 11.6 Å². The van der Waals surface area contributed by atoms with Crippen LogP contribution in [0.3, 0.4) is 0 Å². The molecule has 0 unspecified atom stereocenters. The Kier molecular flexibility index (Phi) is 3.60. The third-order valence-corrected chi connectivity index (χ3v) is 3.98. The number of H-pyrrole nitrogens is 1. The highest BCUT2D eigenvalue weighted by molar-refractivity contribution is 6.30. The highest BCUT2D eigenvalue weighted by atomic mass is 35.5. The molecule has 0 aliphatic heterocycles. The van der Waals surface area contributed by atoms with Crippen molar-refractivity contribution >= 4 is 17.7 Å². The molecule has 0 spiro atoms. The van der Waals surface area contributed by atoms with Gasteiger partial charge in [0.15, 0.2) is 0 Å². The van der Waals surface area contributed by atoms with Gasteiger partial charge in [0, 0.05) is 17.3 Å². The number of aromatic nitrogens is 1. The van der Waals surface area contributed by atoms with Crippen molar-refractivity contribution < 1.29 is 4.74 Å². The molecule has 1 N–H and O–H groups in total. The minimum atomic E-state index is -0.152. The maximum absolute atomic E-state index is 12.1. The normalized spacial score (nSPS) is 14.0. The first-order chi connectivity index (χ1) is 10.1. The van der Waals surface area contributed by atoms with E-state index in [-0.39, 0.29) is 5.56 Å². The topological polar surface area (TPSA) is 42.1 Å². The molecular formula is C17H16ClNO2. The number of hydrogen-bond donors (Lipinski definition) is 1. The molecule has 1 fully saturated rings. The standard InChI is InChI=1S/C17H16ClNO2/c1-3-10-6-12(15-8-13(18)9-19-17(15)20)7-14(11-4-5-11)16(10)21-2/h3,6-9,11H,1,4-5H2,2H3,(H,19,20). The molecule has 0 radical (unpaired) electrons. The highest BCUT2D eigenvalue weighted by Crippen LogP contribution is 2.47. The van der Waals surface area contributed by atoms with E-state index < -0.39 is 0 Å². The van der Waals surface area contributed by atoms with Crippen LogP contribution in [0.4, 0.5) is 0 Å². The van der Waals surface area contributed by atoms with Gasteiger partial charge in [0.2, 0.25) is 0 Å². The van der Waals surface area contributed by atoms with Gasteiger partial charge in [-0.1, -0.05) is 24.3 Å². The Labute approximate surface area is 128 Å². The summed E-state index contributed by atoms with van der Waals surface area (Å²) in [5.74, 6) is 1.37. The van der Waals surface area contributed by atoms with Gasteiger partial charge in [0.1, 0.15) is 5.75 Å². The Morgan fingerprint density at radius 2 is 2.14 bits per heavy atom. The second-order valence-corrected chi connectivity index (χ2v) is 5.66. The van der Waals surface area contributed by atoms with Crippen LogP contribution in [0.25, 0.3) is 17.2 Å². The SMILES string of the molecule is C=Cc1cc(-c2cc(Cl)c[nH]c2=O)cc(C2CC2)c1OC. The van der Waals surface area contributed by atoms with Crippen molar-refractivity contribution in [2.24, 2.45) is 0 Å². The average molecular weight is 302 g/mol. The predicted octanol–water partition coefficient (Wildman–Crippen LogP) is 4.22. The van der Waals surface area contributed by atoms with Crippen LogP contribution in [0.15, 0.2) is 35.8 Å². The second-order valence-electron chi connectivity index (χ2n) is 5.23. The van der Waals surface area contributed by atoms with Crippen molar-refractivity contribution in [3.8, 4) is 16.9 Å². The van der Waals surface area contributed by atoms with E-state index in [1.165, 1.54) is 6.20 Å². The number of methoxy groups -OCH3 is 1. The molecule has 3 nitrogen and oxygen atoms in total. The lowest BCUT2D eigenvalue weighted by molar-refractivity contribution is 0.409. The van der Waals surface area contributed by atoms with Crippen molar-refractivity contribution in [1.82, 2.24) is 4.98 Å². The van der Waals surface area contributed by atoms with Crippen molar-refractivity contribution in [2.45, 2.75) is 18.8 Å². The summed E-state index contributed by atoms with van der Waals surface area (Å²) in [5.41, 5.74) is 3.30. The van der Waals surface area contributed by atoms with Gasteiger partial charge in [0.05, 0.1) is 12.1 Å². The molecule has 1 aromatic heterocycles. The zero-order valence-corrected chi connectivity index (χ0v) is 12.5. The van der Waals surface area contributed by atoms with Crippen molar-refractivity contribution in [3.05, 3.63) is 57.5 Å². The van der Waals surface area contributed by atoms with Crippen LogP contribution in [-0.4, -0.2) is 12.1 Å². The van der Waals surface area contributed by atoms with Crippen molar-refractivity contribution in [3.63, 3.8) is 0 Å². The van der Waals surface area contributed by atoms with Crippen LogP contribution in [-0.2, 0) is 0 Å². The van der Waals surface area contributed by atoms with Crippen molar-refractivity contribution in [1.29, 1.82) is 0 Å². The maximum Gasteiger partial charge on any atom is 0.255 e. The van der Waals surface area contributed by atoms with Gasteiger partial charge in [0.25, 0.3) is 5.56 Å². The van der Waals surface area contributed by atoms with Gasteiger partial charge in [-0.05, 0) is 48.1 Å². The first-order valence-electron chi connectivity index (χ1n) is 6.87. The van der Waals surface area contributed by atoms with Crippen LogP contribution in [0.5, 0.6) is 5.75 Å². The van der Waals surface area contributed by atoms with E-state index in [9.17, 15) is 4.79 Å². The number of hydrogen-bond acceptors (Lipinski definition) is 2. The Balaban J connectivity index is 2.23. The van der Waals surface area contributed by atoms with Crippen LogP contribution in [0, 0.1) is 0 Å². The first kappa shape index (κ1) is 14.0. The Morgan fingerprint density at radius 1 is 1.38 bits per heavy atom. The molecule has 1 aliphatic rings. The summed E-state index contributed by atoms with van der Waals surface area (Å²) in [6, 6.07) is 5.63. The van der Waals surface area contributed by atoms with E-state index in [0.717, 1.165) is 35.3 Å². The Hall–Kier alpha value is -2.00. The summed E-state index contributed by atoms with van der Waals surface area (Å²) in [7, 11) is 1.67. The Morgan fingerprint density at radius 3 is 2.76 bits per heavy atom. The zero-order valence-electron chi connectivity index (χ0n) is 11.8. The van der Waals surface area contributed by atoms with E-state index >= 15 is 0 Å². The van der Waals surface area contributed by atoms with Gasteiger partial charge in [-0.3, -0.25) is 4.79 Å². The Bertz CT molecular complexity index is 760. The summed E-state index contributed by atoms with van der Waals surface area (Å²) < 4.78 is 5.53. The summed E-state index contributed by atoms with van der Waals surface area (Å²) in [6.07, 6.45) is 5.56. The third kappa shape index (κ3) is 2.61. The smallest absolute Gasteiger partial charge is 0.255 e. The number of nitrogens with one attached hydrogen (secondary N) is 1. The summed E-state index contributed by atoms with van der Waals surface area (Å²) in [5, 5.41) is 0.508.